The Morgan fingerprint density at radius 2 is 2.23 bits per heavy atom. The molecule has 0 aliphatic heterocycles. The molecule has 1 aromatic carbocycles. The second-order valence-corrected chi connectivity index (χ2v) is 3.11. The minimum absolute atomic E-state index is 0.470. The minimum Gasteiger partial charge on any atom is -0.459 e. The van der Waals surface area contributed by atoms with Crippen molar-refractivity contribution in [3.05, 3.63) is 35.6 Å². The van der Waals surface area contributed by atoms with Crippen molar-refractivity contribution in [1.29, 1.82) is 0 Å². The average Bonchev–Trinajstić information content (AvgIpc) is 2.59. The lowest BCUT2D eigenvalue weighted by molar-refractivity contribution is 0.549. The highest BCUT2D eigenvalue weighted by Crippen LogP contribution is 2.23. The van der Waals surface area contributed by atoms with Gasteiger partial charge in [-0.2, -0.15) is 0 Å². The number of benzene rings is 1. The molecule has 0 radical (unpaired) electrons. The Morgan fingerprint density at radius 1 is 1.38 bits per heavy atom. The molecule has 0 fully saturated rings. The van der Waals surface area contributed by atoms with Gasteiger partial charge in [0.05, 0.1) is 6.54 Å². The van der Waals surface area contributed by atoms with Crippen LogP contribution in [0.3, 0.4) is 0 Å². The van der Waals surface area contributed by atoms with E-state index in [4.69, 9.17) is 10.2 Å². The first-order valence-corrected chi connectivity index (χ1v) is 4.55. The number of hydrogen-bond acceptors (Lipinski definition) is 2. The van der Waals surface area contributed by atoms with Gasteiger partial charge in [-0.05, 0) is 18.1 Å². The number of hydrogen-bond donors (Lipinski definition) is 1. The summed E-state index contributed by atoms with van der Waals surface area (Å²) in [6.07, 6.45) is 0.995. The zero-order valence-corrected chi connectivity index (χ0v) is 7.71. The largest absolute Gasteiger partial charge is 0.459 e. The fourth-order valence-corrected chi connectivity index (χ4v) is 1.56. The van der Waals surface area contributed by atoms with Gasteiger partial charge in [0, 0.05) is 5.39 Å². The Morgan fingerprint density at radius 3 is 2.92 bits per heavy atom. The highest BCUT2D eigenvalue weighted by Gasteiger charge is 2.04. The fourth-order valence-electron chi connectivity index (χ4n) is 1.56. The lowest BCUT2D eigenvalue weighted by Crippen LogP contribution is -1.92. The summed E-state index contributed by atoms with van der Waals surface area (Å²) in [4.78, 5) is 0. The monoisotopic (exact) mass is 175 g/mol. The lowest BCUT2D eigenvalue weighted by Gasteiger charge is -1.95. The van der Waals surface area contributed by atoms with Crippen molar-refractivity contribution in [3.8, 4) is 0 Å². The van der Waals surface area contributed by atoms with Crippen LogP contribution in [-0.4, -0.2) is 0 Å². The maximum absolute atomic E-state index is 5.61. The third-order valence-electron chi connectivity index (χ3n) is 2.26. The number of fused-ring (bicyclic) bond motifs is 1. The van der Waals surface area contributed by atoms with E-state index in [1.54, 1.807) is 0 Å². The van der Waals surface area contributed by atoms with Gasteiger partial charge in [0.1, 0.15) is 11.3 Å². The molecule has 0 bridgehead atoms. The van der Waals surface area contributed by atoms with E-state index in [1.165, 1.54) is 5.56 Å². The summed E-state index contributed by atoms with van der Waals surface area (Å²) in [6.45, 7) is 2.59. The Bertz CT molecular complexity index is 417. The third-order valence-corrected chi connectivity index (χ3v) is 2.26. The highest BCUT2D eigenvalue weighted by atomic mass is 16.3. The van der Waals surface area contributed by atoms with E-state index < -0.39 is 0 Å². The molecule has 1 aromatic heterocycles. The first-order chi connectivity index (χ1) is 6.35. The van der Waals surface area contributed by atoms with Crippen LogP contribution in [0.2, 0.25) is 0 Å². The summed E-state index contributed by atoms with van der Waals surface area (Å²) < 4.78 is 5.61. The molecule has 2 N–H and O–H groups in total. The molecule has 0 aliphatic rings. The molecule has 0 aliphatic carbocycles. The van der Waals surface area contributed by atoms with Crippen molar-refractivity contribution in [2.45, 2.75) is 19.9 Å². The van der Waals surface area contributed by atoms with Crippen molar-refractivity contribution >= 4 is 11.0 Å². The van der Waals surface area contributed by atoms with Crippen molar-refractivity contribution < 1.29 is 4.42 Å². The molecule has 2 aromatic rings. The molecule has 2 nitrogen and oxygen atoms in total. The van der Waals surface area contributed by atoms with Crippen LogP contribution >= 0.6 is 0 Å². The van der Waals surface area contributed by atoms with Gasteiger partial charge >= 0.3 is 0 Å². The molecule has 1 heterocycles. The highest BCUT2D eigenvalue weighted by molar-refractivity contribution is 5.81. The van der Waals surface area contributed by atoms with Gasteiger partial charge in [0.2, 0.25) is 0 Å². The molecular weight excluding hydrogens is 162 g/mol. The van der Waals surface area contributed by atoms with Gasteiger partial charge in [-0.1, -0.05) is 25.1 Å². The molecule has 0 spiro atoms. The van der Waals surface area contributed by atoms with E-state index in [2.05, 4.69) is 25.1 Å². The van der Waals surface area contributed by atoms with Gasteiger partial charge in [0.15, 0.2) is 0 Å². The van der Waals surface area contributed by atoms with E-state index in [9.17, 15) is 0 Å². The predicted octanol–water partition coefficient (Wildman–Crippen LogP) is 2.45. The predicted molar refractivity (Wildman–Crippen MR) is 53.5 cm³/mol. The zero-order valence-electron chi connectivity index (χ0n) is 7.71. The SMILES string of the molecule is CCc1cccc2cc(CN)oc12. The van der Waals surface area contributed by atoms with Crippen LogP contribution in [0.5, 0.6) is 0 Å². The summed E-state index contributed by atoms with van der Waals surface area (Å²) in [5, 5.41) is 1.15. The number of para-hydroxylation sites is 1. The van der Waals surface area contributed by atoms with Crippen molar-refractivity contribution in [2.24, 2.45) is 5.73 Å². The number of rotatable bonds is 2. The lowest BCUT2D eigenvalue weighted by atomic mass is 10.1. The number of furan rings is 1. The summed E-state index contributed by atoms with van der Waals surface area (Å²) >= 11 is 0. The number of aryl methyl sites for hydroxylation is 1. The molecule has 0 saturated carbocycles. The van der Waals surface area contributed by atoms with Gasteiger partial charge in [-0.15, -0.1) is 0 Å². The van der Waals surface area contributed by atoms with E-state index in [1.807, 2.05) is 6.07 Å². The van der Waals surface area contributed by atoms with E-state index >= 15 is 0 Å². The Hall–Kier alpha value is -1.28. The first kappa shape index (κ1) is 8.32. The van der Waals surface area contributed by atoms with Crippen LogP contribution in [0.4, 0.5) is 0 Å². The van der Waals surface area contributed by atoms with E-state index in [-0.39, 0.29) is 0 Å². The van der Waals surface area contributed by atoms with Crippen molar-refractivity contribution in [3.63, 3.8) is 0 Å². The summed E-state index contributed by atoms with van der Waals surface area (Å²) in [5.74, 6) is 0.857. The van der Waals surface area contributed by atoms with Gasteiger partial charge < -0.3 is 10.2 Å². The quantitative estimate of drug-likeness (QED) is 0.761. The Kier molecular flexibility index (Phi) is 2.07. The Balaban J connectivity index is 2.67. The standard InChI is InChI=1S/C11H13NO/c1-2-8-4-3-5-9-6-10(7-12)13-11(8)9/h3-6H,2,7,12H2,1H3. The summed E-state index contributed by atoms with van der Waals surface area (Å²) in [6, 6.07) is 8.20. The van der Waals surface area contributed by atoms with Crippen molar-refractivity contribution in [2.75, 3.05) is 0 Å². The summed E-state index contributed by atoms with van der Waals surface area (Å²) in [5.41, 5.74) is 7.75. The van der Waals surface area contributed by atoms with Crippen LogP contribution in [0, 0.1) is 0 Å². The minimum atomic E-state index is 0.470. The molecule has 13 heavy (non-hydrogen) atoms. The van der Waals surface area contributed by atoms with E-state index in [0.29, 0.717) is 6.54 Å². The normalized spacial score (nSPS) is 10.9. The molecule has 2 rings (SSSR count). The van der Waals surface area contributed by atoms with Crippen molar-refractivity contribution in [1.82, 2.24) is 0 Å². The zero-order chi connectivity index (χ0) is 9.26. The topological polar surface area (TPSA) is 39.2 Å². The fraction of sp³-hybridized carbons (Fsp3) is 0.273. The average molecular weight is 175 g/mol. The maximum Gasteiger partial charge on any atom is 0.137 e. The Labute approximate surface area is 77.3 Å². The first-order valence-electron chi connectivity index (χ1n) is 4.55. The van der Waals surface area contributed by atoms with Crippen LogP contribution in [0.15, 0.2) is 28.7 Å². The number of nitrogens with two attached hydrogens (primary N) is 1. The smallest absolute Gasteiger partial charge is 0.137 e. The molecule has 0 unspecified atom stereocenters. The third kappa shape index (κ3) is 1.33. The molecule has 0 saturated heterocycles. The second kappa shape index (κ2) is 3.23. The van der Waals surface area contributed by atoms with Crippen LogP contribution in [-0.2, 0) is 13.0 Å². The van der Waals surface area contributed by atoms with Gasteiger partial charge in [-0.25, -0.2) is 0 Å². The summed E-state index contributed by atoms with van der Waals surface area (Å²) in [7, 11) is 0. The second-order valence-electron chi connectivity index (χ2n) is 3.11. The molecular formula is C11H13NO. The van der Waals surface area contributed by atoms with E-state index in [0.717, 1.165) is 23.2 Å². The molecule has 0 amide bonds. The maximum atomic E-state index is 5.61. The van der Waals surface area contributed by atoms with Crippen LogP contribution in [0.1, 0.15) is 18.2 Å². The van der Waals surface area contributed by atoms with Crippen LogP contribution < -0.4 is 5.73 Å². The van der Waals surface area contributed by atoms with Crippen LogP contribution in [0.25, 0.3) is 11.0 Å². The molecule has 2 heteroatoms. The van der Waals surface area contributed by atoms with Gasteiger partial charge in [0.25, 0.3) is 0 Å². The van der Waals surface area contributed by atoms with Gasteiger partial charge in [-0.3, -0.25) is 0 Å². The molecule has 68 valence electrons. The molecule has 0 atom stereocenters.